The molecule has 118 valence electrons. The number of amides is 1. The fourth-order valence-corrected chi connectivity index (χ4v) is 1.97. The maximum Gasteiger partial charge on any atom is 0.220 e. The van der Waals surface area contributed by atoms with Crippen molar-refractivity contribution in [3.8, 4) is 0 Å². The summed E-state index contributed by atoms with van der Waals surface area (Å²) in [7, 11) is 0. The molecule has 0 aliphatic carbocycles. The monoisotopic (exact) mass is 310 g/mol. The van der Waals surface area contributed by atoms with Gasteiger partial charge in [-0.3, -0.25) is 9.89 Å². The molecule has 8 heteroatoms. The number of halogens is 2. The standard InChI is InChI=1S/C14H16F2N4O2/c1-8(14(22)9-2-3-10(15)11(16)6-9)19-13(21)5-4-12-17-7-18-20-12/h2-3,6-8,14,22H,4-5H2,1H3,(H,19,21)(H,17,18,20). The molecule has 0 fully saturated rings. The molecule has 2 rings (SSSR count). The zero-order valence-electron chi connectivity index (χ0n) is 11.9. The van der Waals surface area contributed by atoms with Crippen molar-refractivity contribution in [2.24, 2.45) is 0 Å². The van der Waals surface area contributed by atoms with Gasteiger partial charge in [-0.2, -0.15) is 5.10 Å². The van der Waals surface area contributed by atoms with Gasteiger partial charge in [-0.1, -0.05) is 6.07 Å². The molecule has 2 atom stereocenters. The number of nitrogens with one attached hydrogen (secondary N) is 2. The number of rotatable bonds is 6. The Labute approximate surface area is 125 Å². The number of aryl methyl sites for hydroxylation is 1. The van der Waals surface area contributed by atoms with Crippen LogP contribution >= 0.6 is 0 Å². The van der Waals surface area contributed by atoms with Crippen LogP contribution in [0, 0.1) is 11.6 Å². The lowest BCUT2D eigenvalue weighted by atomic mass is 10.0. The normalized spacial score (nSPS) is 13.6. The molecule has 0 aliphatic heterocycles. The number of H-pyrrole nitrogens is 1. The SMILES string of the molecule is CC(NC(=O)CCc1ncn[nH]1)C(O)c1ccc(F)c(F)c1. The van der Waals surface area contributed by atoms with Crippen molar-refractivity contribution in [3.05, 3.63) is 47.5 Å². The van der Waals surface area contributed by atoms with Crippen LogP contribution in [0.2, 0.25) is 0 Å². The number of aromatic amines is 1. The molecule has 6 nitrogen and oxygen atoms in total. The Kier molecular flexibility index (Phi) is 5.16. The number of carbonyl (C=O) groups excluding carboxylic acids is 1. The molecule has 0 aliphatic rings. The van der Waals surface area contributed by atoms with Gasteiger partial charge in [0, 0.05) is 12.8 Å². The largest absolute Gasteiger partial charge is 0.386 e. The number of hydrogen-bond acceptors (Lipinski definition) is 4. The van der Waals surface area contributed by atoms with Gasteiger partial charge in [-0.25, -0.2) is 13.8 Å². The summed E-state index contributed by atoms with van der Waals surface area (Å²) in [6.07, 6.45) is 0.774. The first-order valence-corrected chi connectivity index (χ1v) is 6.74. The lowest BCUT2D eigenvalue weighted by molar-refractivity contribution is -0.122. The molecule has 1 aromatic carbocycles. The van der Waals surface area contributed by atoms with Gasteiger partial charge < -0.3 is 10.4 Å². The highest BCUT2D eigenvalue weighted by molar-refractivity contribution is 5.76. The van der Waals surface area contributed by atoms with E-state index in [9.17, 15) is 18.7 Å². The van der Waals surface area contributed by atoms with E-state index in [0.29, 0.717) is 12.2 Å². The molecule has 0 radical (unpaired) electrons. The van der Waals surface area contributed by atoms with Crippen LogP contribution in [0.4, 0.5) is 8.78 Å². The van der Waals surface area contributed by atoms with Crippen molar-refractivity contribution in [1.29, 1.82) is 0 Å². The topological polar surface area (TPSA) is 90.9 Å². The number of aliphatic hydroxyl groups is 1. The third kappa shape index (κ3) is 4.08. The molecule has 1 aromatic heterocycles. The van der Waals surface area contributed by atoms with E-state index in [0.717, 1.165) is 12.1 Å². The van der Waals surface area contributed by atoms with Gasteiger partial charge in [-0.15, -0.1) is 0 Å². The fraction of sp³-hybridized carbons (Fsp3) is 0.357. The highest BCUT2D eigenvalue weighted by atomic mass is 19.2. The average molecular weight is 310 g/mol. The van der Waals surface area contributed by atoms with Gasteiger partial charge >= 0.3 is 0 Å². The van der Waals surface area contributed by atoms with Gasteiger partial charge in [0.1, 0.15) is 12.2 Å². The average Bonchev–Trinajstić information content (AvgIpc) is 3.00. The highest BCUT2D eigenvalue weighted by Crippen LogP contribution is 2.19. The summed E-state index contributed by atoms with van der Waals surface area (Å²) in [5.41, 5.74) is 0.196. The van der Waals surface area contributed by atoms with E-state index < -0.39 is 23.8 Å². The molecule has 0 bridgehead atoms. The minimum atomic E-state index is -1.13. The third-order valence-corrected chi connectivity index (χ3v) is 3.20. The number of carbonyl (C=O) groups is 1. The maximum atomic E-state index is 13.2. The molecule has 0 saturated carbocycles. The van der Waals surface area contributed by atoms with E-state index in [1.54, 1.807) is 6.92 Å². The number of benzene rings is 1. The van der Waals surface area contributed by atoms with Crippen molar-refractivity contribution < 1.29 is 18.7 Å². The van der Waals surface area contributed by atoms with Crippen LogP contribution in [0.3, 0.4) is 0 Å². The molecule has 2 aromatic rings. The second-order valence-corrected chi connectivity index (χ2v) is 4.91. The van der Waals surface area contributed by atoms with Crippen LogP contribution < -0.4 is 5.32 Å². The van der Waals surface area contributed by atoms with Crippen molar-refractivity contribution in [2.45, 2.75) is 31.9 Å². The van der Waals surface area contributed by atoms with E-state index in [1.165, 1.54) is 12.4 Å². The summed E-state index contributed by atoms with van der Waals surface area (Å²) in [6, 6.07) is 2.48. The predicted octanol–water partition coefficient (Wildman–Crippen LogP) is 1.25. The Bertz CT molecular complexity index is 634. The first-order chi connectivity index (χ1) is 10.5. The Morgan fingerprint density at radius 2 is 2.18 bits per heavy atom. The van der Waals surface area contributed by atoms with Gasteiger partial charge in [-0.05, 0) is 24.6 Å². The fourth-order valence-electron chi connectivity index (χ4n) is 1.97. The van der Waals surface area contributed by atoms with Crippen molar-refractivity contribution >= 4 is 5.91 Å². The molecular formula is C14H16F2N4O2. The van der Waals surface area contributed by atoms with E-state index in [-0.39, 0.29) is 17.9 Å². The second-order valence-electron chi connectivity index (χ2n) is 4.91. The Hall–Kier alpha value is -2.35. The molecule has 2 unspecified atom stereocenters. The zero-order chi connectivity index (χ0) is 16.1. The molecule has 22 heavy (non-hydrogen) atoms. The van der Waals surface area contributed by atoms with Crippen molar-refractivity contribution in [1.82, 2.24) is 20.5 Å². The molecular weight excluding hydrogens is 294 g/mol. The van der Waals surface area contributed by atoms with Crippen LogP contribution in [-0.4, -0.2) is 32.2 Å². The summed E-state index contributed by atoms with van der Waals surface area (Å²) >= 11 is 0. The van der Waals surface area contributed by atoms with Crippen molar-refractivity contribution in [3.63, 3.8) is 0 Å². The molecule has 0 saturated heterocycles. The Morgan fingerprint density at radius 1 is 1.41 bits per heavy atom. The van der Waals surface area contributed by atoms with Gasteiger partial charge in [0.15, 0.2) is 11.6 Å². The molecule has 1 amide bonds. The van der Waals surface area contributed by atoms with E-state index in [1.807, 2.05) is 0 Å². The predicted molar refractivity (Wildman–Crippen MR) is 73.6 cm³/mol. The zero-order valence-corrected chi connectivity index (χ0v) is 11.9. The maximum absolute atomic E-state index is 13.2. The van der Waals surface area contributed by atoms with Crippen LogP contribution in [0.1, 0.15) is 30.8 Å². The molecule has 3 N–H and O–H groups in total. The molecule has 1 heterocycles. The lowest BCUT2D eigenvalue weighted by Gasteiger charge is -2.20. The van der Waals surface area contributed by atoms with Gasteiger partial charge in [0.25, 0.3) is 0 Å². The van der Waals surface area contributed by atoms with E-state index in [4.69, 9.17) is 0 Å². The second kappa shape index (κ2) is 7.08. The summed E-state index contributed by atoms with van der Waals surface area (Å²) in [5.74, 6) is -1.73. The number of nitrogens with zero attached hydrogens (tertiary/aromatic N) is 2. The van der Waals surface area contributed by atoms with E-state index in [2.05, 4.69) is 20.5 Å². The lowest BCUT2D eigenvalue weighted by Crippen LogP contribution is -2.37. The summed E-state index contributed by atoms with van der Waals surface area (Å²) < 4.78 is 26.0. The summed E-state index contributed by atoms with van der Waals surface area (Å²) in [5, 5.41) is 19.0. The molecule has 0 spiro atoms. The number of aromatic nitrogens is 3. The smallest absolute Gasteiger partial charge is 0.220 e. The Morgan fingerprint density at radius 3 is 2.82 bits per heavy atom. The summed E-state index contributed by atoms with van der Waals surface area (Å²) in [6.45, 7) is 1.58. The van der Waals surface area contributed by atoms with Gasteiger partial charge in [0.2, 0.25) is 5.91 Å². The quantitative estimate of drug-likeness (QED) is 0.749. The number of aliphatic hydroxyl groups excluding tert-OH is 1. The van der Waals surface area contributed by atoms with Crippen LogP contribution in [0.5, 0.6) is 0 Å². The Balaban J connectivity index is 1.88. The minimum absolute atomic E-state index is 0.171. The van der Waals surface area contributed by atoms with Crippen LogP contribution in [0.25, 0.3) is 0 Å². The van der Waals surface area contributed by atoms with Crippen LogP contribution in [0.15, 0.2) is 24.5 Å². The first-order valence-electron chi connectivity index (χ1n) is 6.74. The third-order valence-electron chi connectivity index (χ3n) is 3.20. The first kappa shape index (κ1) is 16.0. The van der Waals surface area contributed by atoms with Crippen LogP contribution in [-0.2, 0) is 11.2 Å². The minimum Gasteiger partial charge on any atom is -0.386 e. The van der Waals surface area contributed by atoms with Crippen molar-refractivity contribution in [2.75, 3.05) is 0 Å². The van der Waals surface area contributed by atoms with Gasteiger partial charge in [0.05, 0.1) is 12.1 Å². The highest BCUT2D eigenvalue weighted by Gasteiger charge is 2.19. The summed E-state index contributed by atoms with van der Waals surface area (Å²) in [4.78, 5) is 15.7. The number of hydrogen-bond donors (Lipinski definition) is 3. The van der Waals surface area contributed by atoms with E-state index >= 15 is 0 Å².